The highest BCUT2D eigenvalue weighted by Crippen LogP contribution is 2.14. The first-order valence-corrected chi connectivity index (χ1v) is 4.75. The molecule has 5 heteroatoms. The number of rotatable bonds is 4. The highest BCUT2D eigenvalue weighted by molar-refractivity contribution is 5.80. The number of nitrogens with one attached hydrogen (secondary N) is 1. The largest absolute Gasteiger partial charge is 0.369 e. The summed E-state index contributed by atoms with van der Waals surface area (Å²) in [4.78, 5) is 19.2. The van der Waals surface area contributed by atoms with Crippen LogP contribution in [-0.2, 0) is 4.79 Å². The molecule has 1 aromatic rings. The van der Waals surface area contributed by atoms with E-state index in [-0.39, 0.29) is 5.91 Å². The number of carbonyl (C=O) groups excluding carboxylic acids is 1. The summed E-state index contributed by atoms with van der Waals surface area (Å²) in [5.74, 6) is 1.06. The molecule has 0 saturated carbocycles. The number of nitrogens with two attached hydrogens (primary N) is 1. The van der Waals surface area contributed by atoms with Crippen LogP contribution in [0.4, 0.5) is 5.82 Å². The molecule has 0 aliphatic rings. The first-order chi connectivity index (χ1) is 6.92. The third kappa shape index (κ3) is 3.19. The van der Waals surface area contributed by atoms with Crippen molar-refractivity contribution in [2.24, 2.45) is 11.1 Å². The Balaban J connectivity index is 2.61. The molecule has 82 valence electrons. The minimum atomic E-state index is -0.584. The lowest BCUT2D eigenvalue weighted by atomic mass is 9.93. The number of hydrogen-bond acceptors (Lipinski definition) is 4. The topological polar surface area (TPSA) is 80.9 Å². The van der Waals surface area contributed by atoms with Crippen LogP contribution in [0, 0.1) is 12.3 Å². The monoisotopic (exact) mass is 208 g/mol. The van der Waals surface area contributed by atoms with E-state index in [1.165, 1.54) is 0 Å². The van der Waals surface area contributed by atoms with Crippen LogP contribution in [0.25, 0.3) is 0 Å². The van der Waals surface area contributed by atoms with Crippen LogP contribution in [0.15, 0.2) is 12.3 Å². The fourth-order valence-corrected chi connectivity index (χ4v) is 0.953. The molecular formula is C10H16N4O. The third-order valence-corrected chi connectivity index (χ3v) is 2.15. The smallest absolute Gasteiger partial charge is 0.224 e. The molecule has 0 aliphatic heterocycles. The number of aromatic nitrogens is 2. The van der Waals surface area contributed by atoms with Crippen molar-refractivity contribution in [3.8, 4) is 0 Å². The van der Waals surface area contributed by atoms with Crippen LogP contribution < -0.4 is 11.1 Å². The average molecular weight is 208 g/mol. The van der Waals surface area contributed by atoms with E-state index in [0.717, 1.165) is 0 Å². The van der Waals surface area contributed by atoms with Gasteiger partial charge in [0, 0.05) is 12.7 Å². The summed E-state index contributed by atoms with van der Waals surface area (Å²) in [6, 6.07) is 1.75. The Morgan fingerprint density at radius 3 is 2.80 bits per heavy atom. The molecule has 1 rings (SSSR count). The summed E-state index contributed by atoms with van der Waals surface area (Å²) in [5.41, 5.74) is 4.67. The first kappa shape index (κ1) is 11.4. The van der Waals surface area contributed by atoms with Crippen LogP contribution in [0.5, 0.6) is 0 Å². The molecule has 3 N–H and O–H groups in total. The second-order valence-corrected chi connectivity index (χ2v) is 4.09. The van der Waals surface area contributed by atoms with Gasteiger partial charge in [-0.15, -0.1) is 0 Å². The minimum absolute atomic E-state index is 0.333. The van der Waals surface area contributed by atoms with Crippen LogP contribution in [0.2, 0.25) is 0 Å². The maximum atomic E-state index is 11.1. The van der Waals surface area contributed by atoms with Gasteiger partial charge in [-0.2, -0.15) is 0 Å². The summed E-state index contributed by atoms with van der Waals surface area (Å²) in [5, 5.41) is 3.06. The Kier molecular flexibility index (Phi) is 3.24. The maximum absolute atomic E-state index is 11.1. The molecule has 0 fully saturated rings. The molecule has 0 saturated heterocycles. The summed E-state index contributed by atoms with van der Waals surface area (Å²) < 4.78 is 0. The van der Waals surface area contributed by atoms with Crippen molar-refractivity contribution in [1.82, 2.24) is 9.97 Å². The predicted molar refractivity (Wildman–Crippen MR) is 58.2 cm³/mol. The summed E-state index contributed by atoms with van der Waals surface area (Å²) in [6.45, 7) is 5.84. The lowest BCUT2D eigenvalue weighted by Crippen LogP contribution is -2.37. The van der Waals surface area contributed by atoms with Crippen LogP contribution >= 0.6 is 0 Å². The summed E-state index contributed by atoms with van der Waals surface area (Å²) in [7, 11) is 0. The van der Waals surface area contributed by atoms with Gasteiger partial charge in [0.05, 0.1) is 5.41 Å². The summed E-state index contributed by atoms with van der Waals surface area (Å²) in [6.07, 6.45) is 1.67. The van der Waals surface area contributed by atoms with E-state index in [4.69, 9.17) is 5.73 Å². The van der Waals surface area contributed by atoms with Crippen molar-refractivity contribution in [2.45, 2.75) is 20.8 Å². The first-order valence-electron chi connectivity index (χ1n) is 4.75. The highest BCUT2D eigenvalue weighted by atomic mass is 16.1. The molecule has 1 aromatic heterocycles. The molecule has 0 atom stereocenters. The van der Waals surface area contributed by atoms with Gasteiger partial charge in [-0.3, -0.25) is 4.79 Å². The molecule has 0 radical (unpaired) electrons. The van der Waals surface area contributed by atoms with Crippen molar-refractivity contribution in [1.29, 1.82) is 0 Å². The van der Waals surface area contributed by atoms with Crippen LogP contribution in [0.3, 0.4) is 0 Å². The number of aryl methyl sites for hydroxylation is 1. The van der Waals surface area contributed by atoms with E-state index < -0.39 is 5.41 Å². The molecular weight excluding hydrogens is 192 g/mol. The van der Waals surface area contributed by atoms with E-state index in [1.807, 2.05) is 6.92 Å². The van der Waals surface area contributed by atoms with Gasteiger partial charge in [0.2, 0.25) is 5.91 Å². The zero-order valence-electron chi connectivity index (χ0n) is 9.24. The number of anilines is 1. The molecule has 1 heterocycles. The predicted octanol–water partition coefficient (Wildman–Crippen LogP) is 0.708. The standard InChI is InChI=1S/C10H16N4O/c1-7-12-5-4-8(14-7)13-6-10(2,3)9(11)15/h4-5H,6H2,1-3H3,(H2,11,15)(H,12,13,14). The van der Waals surface area contributed by atoms with E-state index in [9.17, 15) is 4.79 Å². The minimum Gasteiger partial charge on any atom is -0.369 e. The van der Waals surface area contributed by atoms with Gasteiger partial charge < -0.3 is 11.1 Å². The molecule has 1 amide bonds. The number of hydrogen-bond donors (Lipinski definition) is 2. The van der Waals surface area contributed by atoms with Crippen molar-refractivity contribution < 1.29 is 4.79 Å². The summed E-state index contributed by atoms with van der Waals surface area (Å²) >= 11 is 0. The SMILES string of the molecule is Cc1nccc(NCC(C)(C)C(N)=O)n1. The van der Waals surface area contributed by atoms with E-state index >= 15 is 0 Å². The van der Waals surface area contributed by atoms with Crippen molar-refractivity contribution in [3.05, 3.63) is 18.1 Å². The average Bonchev–Trinajstić information content (AvgIpc) is 2.15. The van der Waals surface area contributed by atoms with Crippen molar-refractivity contribution in [2.75, 3.05) is 11.9 Å². The van der Waals surface area contributed by atoms with Crippen molar-refractivity contribution >= 4 is 11.7 Å². The van der Waals surface area contributed by atoms with Gasteiger partial charge in [-0.1, -0.05) is 0 Å². The zero-order chi connectivity index (χ0) is 11.5. The normalized spacial score (nSPS) is 11.1. The molecule has 15 heavy (non-hydrogen) atoms. The fraction of sp³-hybridized carbons (Fsp3) is 0.500. The molecule has 0 unspecified atom stereocenters. The Bertz CT molecular complexity index is 362. The van der Waals surface area contributed by atoms with E-state index in [0.29, 0.717) is 18.2 Å². The van der Waals surface area contributed by atoms with E-state index in [2.05, 4.69) is 15.3 Å². The van der Waals surface area contributed by atoms with Gasteiger partial charge in [0.15, 0.2) is 0 Å². The Morgan fingerprint density at radius 1 is 1.60 bits per heavy atom. The lowest BCUT2D eigenvalue weighted by molar-refractivity contribution is -0.125. The Labute approximate surface area is 89.1 Å². The number of primary amides is 1. The zero-order valence-corrected chi connectivity index (χ0v) is 9.24. The maximum Gasteiger partial charge on any atom is 0.224 e. The van der Waals surface area contributed by atoms with Gasteiger partial charge in [-0.25, -0.2) is 9.97 Å². The molecule has 0 aliphatic carbocycles. The van der Waals surface area contributed by atoms with Crippen LogP contribution in [-0.4, -0.2) is 22.4 Å². The quantitative estimate of drug-likeness (QED) is 0.763. The fourth-order valence-electron chi connectivity index (χ4n) is 0.953. The highest BCUT2D eigenvalue weighted by Gasteiger charge is 2.24. The van der Waals surface area contributed by atoms with E-state index in [1.54, 1.807) is 26.1 Å². The van der Waals surface area contributed by atoms with Gasteiger partial charge in [0.1, 0.15) is 11.6 Å². The Morgan fingerprint density at radius 2 is 2.27 bits per heavy atom. The molecule has 5 nitrogen and oxygen atoms in total. The number of amides is 1. The molecule has 0 bridgehead atoms. The van der Waals surface area contributed by atoms with Gasteiger partial charge in [-0.05, 0) is 26.8 Å². The second kappa shape index (κ2) is 4.25. The second-order valence-electron chi connectivity index (χ2n) is 4.09. The number of nitrogens with zero attached hydrogens (tertiary/aromatic N) is 2. The Hall–Kier alpha value is -1.65. The van der Waals surface area contributed by atoms with Gasteiger partial charge in [0.25, 0.3) is 0 Å². The van der Waals surface area contributed by atoms with Crippen molar-refractivity contribution in [3.63, 3.8) is 0 Å². The third-order valence-electron chi connectivity index (χ3n) is 2.15. The van der Waals surface area contributed by atoms with Crippen LogP contribution in [0.1, 0.15) is 19.7 Å². The van der Waals surface area contributed by atoms with Gasteiger partial charge >= 0.3 is 0 Å². The lowest BCUT2D eigenvalue weighted by Gasteiger charge is -2.20. The molecule has 0 aromatic carbocycles. The molecule has 0 spiro atoms. The number of carbonyl (C=O) groups is 1.